The van der Waals surface area contributed by atoms with Gasteiger partial charge in [-0.05, 0) is 34.6 Å². The minimum atomic E-state index is -0.357. The minimum absolute atomic E-state index is 0.0458. The number of rotatable bonds is 4. The molecule has 1 rings (SSSR count). The molecule has 1 aliphatic rings. The Hall–Kier alpha value is -1.03. The van der Waals surface area contributed by atoms with Gasteiger partial charge in [0, 0.05) is 23.9 Å². The standard InChI is InChI=1S/C14H25NO3/c1-6-17-12(16)7-8-18-11-9-13(2,3)15-14(4,5)10-11/h7-8,11,15H,6,9-10H2,1-5H3. The topological polar surface area (TPSA) is 47.6 Å². The van der Waals surface area contributed by atoms with E-state index in [4.69, 9.17) is 9.47 Å². The van der Waals surface area contributed by atoms with Crippen LogP contribution in [0.15, 0.2) is 12.3 Å². The van der Waals surface area contributed by atoms with Crippen molar-refractivity contribution in [2.75, 3.05) is 6.61 Å². The second kappa shape index (κ2) is 5.74. The summed E-state index contributed by atoms with van der Waals surface area (Å²) >= 11 is 0. The van der Waals surface area contributed by atoms with E-state index in [9.17, 15) is 4.79 Å². The summed E-state index contributed by atoms with van der Waals surface area (Å²) in [6.07, 6.45) is 4.76. The third kappa shape index (κ3) is 5.08. The molecule has 4 nitrogen and oxygen atoms in total. The zero-order valence-electron chi connectivity index (χ0n) is 12.1. The molecule has 1 aliphatic heterocycles. The average molecular weight is 255 g/mol. The maximum atomic E-state index is 11.1. The Labute approximate surface area is 110 Å². The van der Waals surface area contributed by atoms with Crippen LogP contribution in [0.4, 0.5) is 0 Å². The van der Waals surface area contributed by atoms with E-state index in [2.05, 4.69) is 33.0 Å². The van der Waals surface area contributed by atoms with Crippen molar-refractivity contribution in [1.82, 2.24) is 5.32 Å². The molecule has 0 saturated carbocycles. The molecule has 1 fully saturated rings. The molecule has 1 saturated heterocycles. The summed E-state index contributed by atoms with van der Waals surface area (Å²) in [5.74, 6) is -0.357. The Bertz CT molecular complexity index is 305. The fourth-order valence-corrected chi connectivity index (χ4v) is 2.72. The molecular formula is C14H25NO3. The normalized spacial score (nSPS) is 22.9. The molecule has 0 aromatic heterocycles. The quantitative estimate of drug-likeness (QED) is 0.476. The molecule has 0 amide bonds. The van der Waals surface area contributed by atoms with Crippen LogP contribution in [0.1, 0.15) is 47.5 Å². The van der Waals surface area contributed by atoms with Crippen LogP contribution < -0.4 is 5.32 Å². The third-order valence-corrected chi connectivity index (χ3v) is 2.91. The van der Waals surface area contributed by atoms with Crippen LogP contribution in [0.2, 0.25) is 0 Å². The SMILES string of the molecule is CCOC(=O)C=COC1CC(C)(C)NC(C)(C)C1. The summed E-state index contributed by atoms with van der Waals surface area (Å²) in [4.78, 5) is 11.1. The van der Waals surface area contributed by atoms with Crippen molar-refractivity contribution in [3.05, 3.63) is 12.3 Å². The molecule has 4 heteroatoms. The summed E-state index contributed by atoms with van der Waals surface area (Å²) in [6.45, 7) is 10.8. The maximum Gasteiger partial charge on any atom is 0.333 e. The summed E-state index contributed by atoms with van der Waals surface area (Å²) in [5, 5.41) is 3.59. The van der Waals surface area contributed by atoms with Crippen LogP contribution in [0.5, 0.6) is 0 Å². The highest BCUT2D eigenvalue weighted by Gasteiger charge is 2.38. The van der Waals surface area contributed by atoms with E-state index in [0.717, 1.165) is 12.8 Å². The van der Waals surface area contributed by atoms with Crippen molar-refractivity contribution in [1.29, 1.82) is 0 Å². The van der Waals surface area contributed by atoms with Gasteiger partial charge in [-0.3, -0.25) is 0 Å². The van der Waals surface area contributed by atoms with Crippen LogP contribution in [0, 0.1) is 0 Å². The van der Waals surface area contributed by atoms with Gasteiger partial charge >= 0.3 is 5.97 Å². The fourth-order valence-electron chi connectivity index (χ4n) is 2.72. The molecule has 0 atom stereocenters. The van der Waals surface area contributed by atoms with Crippen molar-refractivity contribution >= 4 is 5.97 Å². The van der Waals surface area contributed by atoms with Crippen molar-refractivity contribution in [3.8, 4) is 0 Å². The minimum Gasteiger partial charge on any atom is -0.498 e. The highest BCUT2D eigenvalue weighted by molar-refractivity contribution is 5.81. The molecule has 0 aliphatic carbocycles. The number of hydrogen-bond donors (Lipinski definition) is 1. The molecule has 1 N–H and O–H groups in total. The smallest absolute Gasteiger partial charge is 0.333 e. The molecule has 0 bridgehead atoms. The predicted octanol–water partition coefficient (Wildman–Crippen LogP) is 2.39. The van der Waals surface area contributed by atoms with E-state index in [1.165, 1.54) is 12.3 Å². The molecule has 1 heterocycles. The van der Waals surface area contributed by atoms with E-state index in [0.29, 0.717) is 6.61 Å². The van der Waals surface area contributed by atoms with Crippen molar-refractivity contribution < 1.29 is 14.3 Å². The molecule has 104 valence electrons. The van der Waals surface area contributed by atoms with E-state index >= 15 is 0 Å². The zero-order valence-corrected chi connectivity index (χ0v) is 12.1. The highest BCUT2D eigenvalue weighted by Crippen LogP contribution is 2.30. The van der Waals surface area contributed by atoms with Gasteiger partial charge in [0.1, 0.15) is 6.10 Å². The van der Waals surface area contributed by atoms with E-state index in [1.54, 1.807) is 6.92 Å². The number of piperidine rings is 1. The lowest BCUT2D eigenvalue weighted by molar-refractivity contribution is -0.137. The number of carbonyl (C=O) groups excluding carboxylic acids is 1. The van der Waals surface area contributed by atoms with Gasteiger partial charge in [-0.1, -0.05) is 0 Å². The first kappa shape index (κ1) is 15.0. The van der Waals surface area contributed by atoms with E-state index in [1.807, 2.05) is 0 Å². The van der Waals surface area contributed by atoms with Crippen LogP contribution in [0.3, 0.4) is 0 Å². The summed E-state index contributed by atoms with van der Waals surface area (Å²) in [7, 11) is 0. The van der Waals surface area contributed by atoms with Gasteiger partial charge in [0.2, 0.25) is 0 Å². The Morgan fingerprint density at radius 2 is 1.83 bits per heavy atom. The fraction of sp³-hybridized carbons (Fsp3) is 0.786. The summed E-state index contributed by atoms with van der Waals surface area (Å²) in [6, 6.07) is 0. The molecule has 0 spiro atoms. The number of esters is 1. The van der Waals surface area contributed by atoms with E-state index < -0.39 is 0 Å². The van der Waals surface area contributed by atoms with Crippen LogP contribution in [-0.4, -0.2) is 29.8 Å². The average Bonchev–Trinajstić information content (AvgIpc) is 2.12. The van der Waals surface area contributed by atoms with Crippen LogP contribution in [0.25, 0.3) is 0 Å². The Kier molecular flexibility index (Phi) is 4.79. The van der Waals surface area contributed by atoms with Crippen LogP contribution in [-0.2, 0) is 14.3 Å². The Morgan fingerprint density at radius 3 is 2.33 bits per heavy atom. The lowest BCUT2D eigenvalue weighted by Gasteiger charge is -2.45. The van der Waals surface area contributed by atoms with Gasteiger partial charge < -0.3 is 14.8 Å². The molecule has 18 heavy (non-hydrogen) atoms. The molecule has 0 radical (unpaired) electrons. The largest absolute Gasteiger partial charge is 0.498 e. The molecular weight excluding hydrogens is 230 g/mol. The van der Waals surface area contributed by atoms with Crippen LogP contribution >= 0.6 is 0 Å². The number of ether oxygens (including phenoxy) is 2. The predicted molar refractivity (Wildman–Crippen MR) is 71.2 cm³/mol. The van der Waals surface area contributed by atoms with E-state index in [-0.39, 0.29) is 23.2 Å². The number of hydrogen-bond acceptors (Lipinski definition) is 4. The molecule has 0 aromatic rings. The van der Waals surface area contributed by atoms with Gasteiger partial charge in [-0.15, -0.1) is 0 Å². The van der Waals surface area contributed by atoms with Crippen molar-refractivity contribution in [3.63, 3.8) is 0 Å². The Morgan fingerprint density at radius 1 is 1.28 bits per heavy atom. The first-order chi connectivity index (χ1) is 8.24. The Balaban J connectivity index is 2.49. The molecule has 0 aromatic carbocycles. The van der Waals surface area contributed by atoms with Gasteiger partial charge in [0.15, 0.2) is 0 Å². The van der Waals surface area contributed by atoms with Gasteiger partial charge in [0.25, 0.3) is 0 Å². The lowest BCUT2D eigenvalue weighted by Crippen LogP contribution is -2.59. The monoisotopic (exact) mass is 255 g/mol. The highest BCUT2D eigenvalue weighted by atomic mass is 16.5. The maximum absolute atomic E-state index is 11.1. The summed E-state index contributed by atoms with van der Waals surface area (Å²) in [5.41, 5.74) is 0.0916. The second-order valence-electron chi connectivity index (χ2n) is 6.11. The first-order valence-electron chi connectivity index (χ1n) is 6.52. The molecule has 0 unspecified atom stereocenters. The second-order valence-corrected chi connectivity index (χ2v) is 6.11. The van der Waals surface area contributed by atoms with Crippen molar-refractivity contribution in [2.45, 2.75) is 64.6 Å². The summed E-state index contributed by atoms with van der Waals surface area (Å²) < 4.78 is 10.4. The van der Waals surface area contributed by atoms with Gasteiger partial charge in [-0.25, -0.2) is 4.79 Å². The number of nitrogens with one attached hydrogen (secondary N) is 1. The van der Waals surface area contributed by atoms with Crippen molar-refractivity contribution in [2.24, 2.45) is 0 Å². The van der Waals surface area contributed by atoms with Gasteiger partial charge in [0.05, 0.1) is 18.9 Å². The third-order valence-electron chi connectivity index (χ3n) is 2.91. The number of carbonyl (C=O) groups is 1. The first-order valence-corrected chi connectivity index (χ1v) is 6.52. The van der Waals surface area contributed by atoms with Gasteiger partial charge in [-0.2, -0.15) is 0 Å². The zero-order chi connectivity index (χ0) is 13.8. The lowest BCUT2D eigenvalue weighted by atomic mass is 9.81.